The van der Waals surface area contributed by atoms with E-state index < -0.39 is 11.6 Å². The number of halogens is 2. The lowest BCUT2D eigenvalue weighted by Gasteiger charge is -2.29. The van der Waals surface area contributed by atoms with E-state index in [0.29, 0.717) is 24.5 Å². The third-order valence-electron chi connectivity index (χ3n) is 4.51. The first-order valence-corrected chi connectivity index (χ1v) is 7.49. The summed E-state index contributed by atoms with van der Waals surface area (Å²) >= 11 is 0. The molecule has 2 aliphatic rings. The molecule has 20 heavy (non-hydrogen) atoms. The summed E-state index contributed by atoms with van der Waals surface area (Å²) in [7, 11) is 0. The van der Waals surface area contributed by atoms with Gasteiger partial charge >= 0.3 is 0 Å². The van der Waals surface area contributed by atoms with E-state index in [2.05, 4.69) is 12.2 Å². The third-order valence-corrected chi connectivity index (χ3v) is 4.51. The van der Waals surface area contributed by atoms with Crippen LogP contribution in [-0.4, -0.2) is 24.8 Å². The minimum absolute atomic E-state index is 0.233. The van der Waals surface area contributed by atoms with Crippen molar-refractivity contribution in [1.82, 2.24) is 5.32 Å². The monoisotopic (exact) mass is 281 g/mol. The molecular weight excluding hydrogens is 260 g/mol. The molecule has 1 N–H and O–H groups in total. The van der Waals surface area contributed by atoms with Crippen LogP contribution in [0.2, 0.25) is 0 Å². The van der Waals surface area contributed by atoms with Gasteiger partial charge in [-0.1, -0.05) is 6.92 Å². The lowest BCUT2D eigenvalue weighted by Crippen LogP contribution is -2.42. The Labute approximate surface area is 118 Å². The Bertz CT molecular complexity index is 459. The predicted octanol–water partition coefficient (Wildman–Crippen LogP) is 3.05. The average Bonchev–Trinajstić information content (AvgIpc) is 2.99. The predicted molar refractivity (Wildman–Crippen MR) is 73.5 cm³/mol. The van der Waals surface area contributed by atoms with E-state index in [1.165, 1.54) is 12.1 Å². The second-order valence-electron chi connectivity index (χ2n) is 5.92. The van der Waals surface area contributed by atoms with Crippen molar-refractivity contribution in [3.05, 3.63) is 35.4 Å². The van der Waals surface area contributed by atoms with E-state index in [-0.39, 0.29) is 6.04 Å². The molecule has 3 rings (SSSR count). The zero-order chi connectivity index (χ0) is 14.1. The molecule has 0 aliphatic carbocycles. The SMILES string of the molecule is CCNC(Cc1cc(F)cc(F)c1)C1CC2CCC1O2. The Morgan fingerprint density at radius 3 is 2.55 bits per heavy atom. The van der Waals surface area contributed by atoms with Gasteiger partial charge in [-0.15, -0.1) is 0 Å². The molecule has 4 heteroatoms. The normalized spacial score (nSPS) is 29.9. The minimum atomic E-state index is -0.501. The second kappa shape index (κ2) is 5.78. The standard InChI is InChI=1S/C16H21F2NO/c1-2-19-15(14-9-13-3-4-16(14)20-13)7-10-5-11(17)8-12(18)6-10/h5-6,8,13-16,19H,2-4,7,9H2,1H3. The summed E-state index contributed by atoms with van der Waals surface area (Å²) in [6.45, 7) is 2.92. The average molecular weight is 281 g/mol. The van der Waals surface area contributed by atoms with Crippen molar-refractivity contribution in [2.24, 2.45) is 5.92 Å². The zero-order valence-electron chi connectivity index (χ0n) is 11.7. The molecule has 0 aromatic heterocycles. The molecule has 0 radical (unpaired) electrons. The van der Waals surface area contributed by atoms with Gasteiger partial charge in [0.1, 0.15) is 11.6 Å². The quantitative estimate of drug-likeness (QED) is 0.895. The van der Waals surface area contributed by atoms with Crippen LogP contribution in [0.15, 0.2) is 18.2 Å². The van der Waals surface area contributed by atoms with E-state index in [9.17, 15) is 8.78 Å². The lowest BCUT2D eigenvalue weighted by molar-refractivity contribution is 0.0858. The Balaban J connectivity index is 1.73. The molecule has 110 valence electrons. The molecule has 2 saturated heterocycles. The van der Waals surface area contributed by atoms with E-state index >= 15 is 0 Å². The fraction of sp³-hybridized carbons (Fsp3) is 0.625. The molecule has 0 saturated carbocycles. The first-order chi connectivity index (χ1) is 9.65. The van der Waals surface area contributed by atoms with Gasteiger partial charge in [-0.25, -0.2) is 8.78 Å². The van der Waals surface area contributed by atoms with Crippen molar-refractivity contribution < 1.29 is 13.5 Å². The number of rotatable bonds is 5. The summed E-state index contributed by atoms with van der Waals surface area (Å²) in [5.41, 5.74) is 0.719. The minimum Gasteiger partial charge on any atom is -0.375 e. The molecule has 2 bridgehead atoms. The summed E-state index contributed by atoms with van der Waals surface area (Å²) in [6, 6.07) is 4.02. The summed E-state index contributed by atoms with van der Waals surface area (Å²) < 4.78 is 32.5. The molecule has 2 fully saturated rings. The maximum atomic E-state index is 13.3. The first-order valence-electron chi connectivity index (χ1n) is 7.49. The first kappa shape index (κ1) is 14.0. The smallest absolute Gasteiger partial charge is 0.126 e. The summed E-state index contributed by atoms with van der Waals surface area (Å²) in [5, 5.41) is 3.47. The van der Waals surface area contributed by atoms with E-state index in [0.717, 1.165) is 37.4 Å². The van der Waals surface area contributed by atoms with Crippen molar-refractivity contribution in [1.29, 1.82) is 0 Å². The molecule has 0 spiro atoms. The number of fused-ring (bicyclic) bond motifs is 2. The molecule has 4 atom stereocenters. The molecule has 2 aliphatic heterocycles. The van der Waals surface area contributed by atoms with Gasteiger partial charge < -0.3 is 10.1 Å². The van der Waals surface area contributed by atoms with E-state index in [1.54, 1.807) is 0 Å². The molecule has 1 aromatic rings. The zero-order valence-corrected chi connectivity index (χ0v) is 11.7. The number of likely N-dealkylation sites (N-methyl/N-ethyl adjacent to an activating group) is 1. The van der Waals surface area contributed by atoms with Crippen LogP contribution in [0.5, 0.6) is 0 Å². The maximum Gasteiger partial charge on any atom is 0.126 e. The Morgan fingerprint density at radius 1 is 1.25 bits per heavy atom. The number of hydrogen-bond acceptors (Lipinski definition) is 2. The summed E-state index contributed by atoms with van der Waals surface area (Å²) in [6.07, 6.45) is 4.72. The number of nitrogens with one attached hydrogen (secondary N) is 1. The van der Waals surface area contributed by atoms with Crippen LogP contribution >= 0.6 is 0 Å². The van der Waals surface area contributed by atoms with Crippen LogP contribution in [0.4, 0.5) is 8.78 Å². The van der Waals surface area contributed by atoms with E-state index in [1.807, 2.05) is 0 Å². The summed E-state index contributed by atoms with van der Waals surface area (Å²) in [5.74, 6) is -0.543. The van der Waals surface area contributed by atoms with Crippen molar-refractivity contribution in [2.75, 3.05) is 6.54 Å². The highest BCUT2D eigenvalue weighted by atomic mass is 19.1. The second-order valence-corrected chi connectivity index (χ2v) is 5.92. The highest BCUT2D eigenvalue weighted by Gasteiger charge is 2.44. The van der Waals surface area contributed by atoms with Crippen LogP contribution in [0.25, 0.3) is 0 Å². The van der Waals surface area contributed by atoms with Gasteiger partial charge in [-0.05, 0) is 49.9 Å². The molecule has 4 unspecified atom stereocenters. The maximum absolute atomic E-state index is 13.3. The molecule has 0 amide bonds. The van der Waals surface area contributed by atoms with Crippen LogP contribution in [0, 0.1) is 17.6 Å². The van der Waals surface area contributed by atoms with E-state index in [4.69, 9.17) is 4.74 Å². The van der Waals surface area contributed by atoms with Gasteiger partial charge in [-0.2, -0.15) is 0 Å². The van der Waals surface area contributed by atoms with Crippen molar-refractivity contribution in [3.63, 3.8) is 0 Å². The highest BCUT2D eigenvalue weighted by molar-refractivity contribution is 5.19. The van der Waals surface area contributed by atoms with Crippen LogP contribution in [0.3, 0.4) is 0 Å². The Morgan fingerprint density at radius 2 is 2.00 bits per heavy atom. The van der Waals surface area contributed by atoms with Crippen molar-refractivity contribution in [3.8, 4) is 0 Å². The van der Waals surface area contributed by atoms with Crippen LogP contribution in [-0.2, 0) is 11.2 Å². The van der Waals surface area contributed by atoms with Gasteiger partial charge in [0, 0.05) is 18.0 Å². The fourth-order valence-corrected chi connectivity index (χ4v) is 3.72. The Hall–Kier alpha value is -1.00. The number of hydrogen-bond donors (Lipinski definition) is 1. The third kappa shape index (κ3) is 2.86. The molecular formula is C16H21F2NO. The number of benzene rings is 1. The van der Waals surface area contributed by atoms with Gasteiger partial charge in [-0.3, -0.25) is 0 Å². The molecule has 1 aromatic carbocycles. The summed E-state index contributed by atoms with van der Waals surface area (Å²) in [4.78, 5) is 0. The van der Waals surface area contributed by atoms with Gasteiger partial charge in [0.25, 0.3) is 0 Å². The molecule has 2 nitrogen and oxygen atoms in total. The van der Waals surface area contributed by atoms with Gasteiger partial charge in [0.15, 0.2) is 0 Å². The Kier molecular flexibility index (Phi) is 4.03. The van der Waals surface area contributed by atoms with Crippen LogP contribution < -0.4 is 5.32 Å². The van der Waals surface area contributed by atoms with Crippen molar-refractivity contribution >= 4 is 0 Å². The van der Waals surface area contributed by atoms with Crippen molar-refractivity contribution in [2.45, 2.75) is 50.9 Å². The number of ether oxygens (including phenoxy) is 1. The largest absolute Gasteiger partial charge is 0.375 e. The van der Waals surface area contributed by atoms with Crippen LogP contribution in [0.1, 0.15) is 31.7 Å². The topological polar surface area (TPSA) is 21.3 Å². The van der Waals surface area contributed by atoms with Gasteiger partial charge in [0.05, 0.1) is 12.2 Å². The highest BCUT2D eigenvalue weighted by Crippen LogP contribution is 2.41. The molecule has 2 heterocycles. The fourth-order valence-electron chi connectivity index (χ4n) is 3.72. The van der Waals surface area contributed by atoms with Gasteiger partial charge in [0.2, 0.25) is 0 Å². The lowest BCUT2D eigenvalue weighted by atomic mass is 9.81.